The number of carbonyl (C=O) groups is 6. The van der Waals surface area contributed by atoms with E-state index in [-0.39, 0.29) is 47.5 Å². The summed E-state index contributed by atoms with van der Waals surface area (Å²) in [6.07, 6.45) is 11.6. The van der Waals surface area contributed by atoms with Crippen molar-refractivity contribution < 1.29 is 38.2 Å². The van der Waals surface area contributed by atoms with Gasteiger partial charge in [0.15, 0.2) is 0 Å². The summed E-state index contributed by atoms with van der Waals surface area (Å²) in [5, 5.41) is 11.8. The quantitative estimate of drug-likeness (QED) is 0.109. The van der Waals surface area contributed by atoms with Crippen LogP contribution in [0.2, 0.25) is 0 Å². The van der Waals surface area contributed by atoms with Gasteiger partial charge in [-0.1, -0.05) is 100 Å². The van der Waals surface area contributed by atoms with Crippen molar-refractivity contribution in [1.82, 2.24) is 20.4 Å². The molecule has 2 saturated heterocycles. The van der Waals surface area contributed by atoms with E-state index in [1.165, 1.54) is 36.5 Å². The molecular weight excluding hydrogens is 909 g/mol. The van der Waals surface area contributed by atoms with E-state index >= 15 is 0 Å². The Bertz CT molecular complexity index is 2510. The van der Waals surface area contributed by atoms with Crippen LogP contribution in [0.1, 0.15) is 113 Å². The normalized spacial score (nSPS) is 23.1. The summed E-state index contributed by atoms with van der Waals surface area (Å²) in [5.41, 5.74) is 10.4. The molecule has 72 heavy (non-hydrogen) atoms. The van der Waals surface area contributed by atoms with Gasteiger partial charge in [0.25, 0.3) is 0 Å². The van der Waals surface area contributed by atoms with E-state index in [4.69, 9.17) is 9.47 Å². The summed E-state index contributed by atoms with van der Waals surface area (Å²) in [6.45, 7) is 3.69. The Morgan fingerprint density at radius 2 is 0.958 bits per heavy atom. The molecule has 0 spiro atoms. The number of anilines is 2. The van der Waals surface area contributed by atoms with E-state index in [9.17, 15) is 28.8 Å². The summed E-state index contributed by atoms with van der Waals surface area (Å²) in [6, 6.07) is 26.5. The molecule has 4 aromatic carbocycles. The first kappa shape index (κ1) is 50.2. The minimum absolute atomic E-state index is 0.0409. The molecular formula is C58H70N6O8. The number of aryl methyl sites for hydroxylation is 4. The average Bonchev–Trinajstić information content (AvgIpc) is 4.00. The van der Waals surface area contributed by atoms with E-state index in [0.717, 1.165) is 99.3 Å². The number of ether oxygens (including phenoxy) is 2. The zero-order valence-corrected chi connectivity index (χ0v) is 42.2. The van der Waals surface area contributed by atoms with Crippen molar-refractivity contribution in [3.63, 3.8) is 0 Å². The van der Waals surface area contributed by atoms with Crippen LogP contribution in [0.15, 0.2) is 84.9 Å². The number of nitrogens with zero attached hydrogens (tertiary/aromatic N) is 2. The van der Waals surface area contributed by atoms with E-state index in [0.29, 0.717) is 37.1 Å². The molecule has 12 rings (SSSR count). The third kappa shape index (κ3) is 10.7. The second-order valence-corrected chi connectivity index (χ2v) is 20.5. The van der Waals surface area contributed by atoms with Crippen LogP contribution in [0.3, 0.4) is 0 Å². The molecule has 8 aliphatic rings. The van der Waals surface area contributed by atoms with Gasteiger partial charge in [0.2, 0.25) is 23.6 Å². The number of alkyl carbamates (subject to hydrolysis) is 2. The third-order valence-electron chi connectivity index (χ3n) is 16.3. The molecule has 2 saturated carbocycles. The minimum atomic E-state index is -0.781. The highest BCUT2D eigenvalue weighted by Crippen LogP contribution is 2.43. The zero-order valence-electron chi connectivity index (χ0n) is 42.2. The summed E-state index contributed by atoms with van der Waals surface area (Å²) in [7, 11) is 2.56. The molecule has 4 bridgehead atoms. The predicted molar refractivity (Wildman–Crippen MR) is 277 cm³/mol. The molecule has 0 aromatic heterocycles. The summed E-state index contributed by atoms with van der Waals surface area (Å²) in [4.78, 5) is 84.7. The standard InChI is InChI=1S/C58H70N6O8/c1-5-47(61-57(69)71-3)55(67)63-49-19-9-7-13-41(49)33-51(63)53(65)59-43-17-11-15-39(31-43)45-29-35-21-25-37(45)27-23-36-22-26-38(28-24-35)46(30-36)40-16-12-18-44(32-40)60-54(66)52-34-42-14-8-10-20-50(42)64(52)56(68)48(6-2)62-58(70)72-4/h11-12,15-18,21-22,25-26,29-32,41-42,47-52H,5-10,13-14,19-20,23-24,27-28,33-34H2,1-4H3,(H,59,65)(H,60,66)(H,61,69)(H,62,70)/t41?,42?,47-,48-,49?,50?,51-,52-/m0/s1. The minimum Gasteiger partial charge on any atom is -0.453 e. The van der Waals surface area contributed by atoms with Gasteiger partial charge in [0, 0.05) is 23.5 Å². The van der Waals surface area contributed by atoms with E-state index in [2.05, 4.69) is 69.8 Å². The topological polar surface area (TPSA) is 175 Å². The molecule has 4 N–H and O–H groups in total. The highest BCUT2D eigenvalue weighted by molar-refractivity contribution is 6.00. The summed E-state index contributed by atoms with van der Waals surface area (Å²) >= 11 is 0. The number of benzene rings is 4. The molecule has 6 amide bonds. The number of fused-ring (bicyclic) bond motifs is 2. The molecule has 2 heterocycles. The molecule has 8 atom stereocenters. The predicted octanol–water partition coefficient (Wildman–Crippen LogP) is 9.37. The molecule has 14 nitrogen and oxygen atoms in total. The molecule has 2 aliphatic heterocycles. The summed E-state index contributed by atoms with van der Waals surface area (Å²) < 4.78 is 9.64. The van der Waals surface area contributed by atoms with Crippen LogP contribution >= 0.6 is 0 Å². The Morgan fingerprint density at radius 3 is 1.36 bits per heavy atom. The monoisotopic (exact) mass is 979 g/mol. The fraction of sp³-hybridized carbons (Fsp3) is 0.483. The Balaban J connectivity index is 0.908. The number of nitrogens with one attached hydrogen (secondary N) is 4. The Hall–Kier alpha value is -6.70. The van der Waals surface area contributed by atoms with Crippen molar-refractivity contribution in [1.29, 1.82) is 0 Å². The molecule has 0 radical (unpaired) electrons. The van der Waals surface area contributed by atoms with Crippen LogP contribution in [-0.4, -0.2) is 96.1 Å². The Morgan fingerprint density at radius 1 is 0.542 bits per heavy atom. The first-order valence-corrected chi connectivity index (χ1v) is 26.4. The van der Waals surface area contributed by atoms with Gasteiger partial charge in [-0.2, -0.15) is 0 Å². The van der Waals surface area contributed by atoms with Crippen molar-refractivity contribution in [2.24, 2.45) is 11.8 Å². The van der Waals surface area contributed by atoms with Gasteiger partial charge in [-0.15, -0.1) is 0 Å². The summed E-state index contributed by atoms with van der Waals surface area (Å²) in [5.74, 6) is -0.437. The van der Waals surface area contributed by atoms with Crippen molar-refractivity contribution in [3.8, 4) is 22.3 Å². The lowest BCUT2D eigenvalue weighted by atomic mass is 9.84. The fourth-order valence-electron chi connectivity index (χ4n) is 12.5. The Kier molecular flexibility index (Phi) is 15.6. The molecule has 4 aromatic rings. The van der Waals surface area contributed by atoms with Gasteiger partial charge in [-0.05, 0) is 158 Å². The van der Waals surface area contributed by atoms with Crippen LogP contribution in [0, 0.1) is 11.8 Å². The lowest BCUT2D eigenvalue weighted by Crippen LogP contribution is -2.55. The van der Waals surface area contributed by atoms with Crippen molar-refractivity contribution in [2.45, 2.75) is 153 Å². The third-order valence-corrected chi connectivity index (χ3v) is 16.3. The first-order chi connectivity index (χ1) is 35.0. The SMILES string of the molecule is CC[C@H](NC(=O)OC)C(=O)N1C2CCCCC2C[C@H]1C(=O)Nc1cccc(-c2cc3ccc2CCc2ccc(c(-c4cccc(NC(=O)[C@@H]5CC6CCCCC6N5C(=O)[C@H](CC)NC(=O)OC)c4)c2)CC3)c1. The molecule has 14 heteroatoms. The number of rotatable bonds is 12. The van der Waals surface area contributed by atoms with Gasteiger partial charge in [0.1, 0.15) is 24.2 Å². The fourth-order valence-corrected chi connectivity index (χ4v) is 12.5. The molecule has 380 valence electrons. The number of methoxy groups -OCH3 is 2. The number of likely N-dealkylation sites (tertiary alicyclic amines) is 2. The van der Waals surface area contributed by atoms with Gasteiger partial charge in [-0.25, -0.2) is 9.59 Å². The van der Waals surface area contributed by atoms with E-state index in [1.807, 2.05) is 50.2 Å². The number of hydrogen-bond donors (Lipinski definition) is 4. The maximum atomic E-state index is 14.3. The van der Waals surface area contributed by atoms with Crippen LogP contribution in [-0.2, 0) is 54.3 Å². The lowest BCUT2D eigenvalue weighted by Gasteiger charge is -2.35. The number of carbonyl (C=O) groups excluding carboxylic acids is 6. The maximum Gasteiger partial charge on any atom is 0.407 e. The Labute approximate surface area is 423 Å². The van der Waals surface area contributed by atoms with Crippen LogP contribution in [0.25, 0.3) is 22.3 Å². The van der Waals surface area contributed by atoms with Gasteiger partial charge < -0.3 is 40.5 Å². The smallest absolute Gasteiger partial charge is 0.407 e. The highest BCUT2D eigenvalue weighted by atomic mass is 16.5. The van der Waals surface area contributed by atoms with Crippen molar-refractivity contribution in [2.75, 3.05) is 24.9 Å². The second-order valence-electron chi connectivity index (χ2n) is 20.5. The molecule has 6 aliphatic carbocycles. The maximum absolute atomic E-state index is 14.3. The van der Waals surface area contributed by atoms with E-state index in [1.54, 1.807) is 9.80 Å². The lowest BCUT2D eigenvalue weighted by molar-refractivity contribution is -0.141. The van der Waals surface area contributed by atoms with Gasteiger partial charge in [0.05, 0.1) is 14.2 Å². The largest absolute Gasteiger partial charge is 0.453 e. The average molecular weight is 979 g/mol. The van der Waals surface area contributed by atoms with Gasteiger partial charge in [-0.3, -0.25) is 19.2 Å². The molecule has 4 fully saturated rings. The van der Waals surface area contributed by atoms with Crippen molar-refractivity contribution >= 4 is 47.2 Å². The van der Waals surface area contributed by atoms with Crippen molar-refractivity contribution in [3.05, 3.63) is 107 Å². The number of amides is 6. The van der Waals surface area contributed by atoms with Crippen LogP contribution < -0.4 is 21.3 Å². The van der Waals surface area contributed by atoms with E-state index < -0.39 is 36.4 Å². The first-order valence-electron chi connectivity index (χ1n) is 26.4. The molecule has 4 unspecified atom stereocenters. The second kappa shape index (κ2) is 22.4. The highest BCUT2D eigenvalue weighted by Gasteiger charge is 2.50. The zero-order chi connectivity index (χ0) is 50.5. The van der Waals surface area contributed by atoms with Crippen LogP contribution in [0.5, 0.6) is 0 Å². The van der Waals surface area contributed by atoms with Gasteiger partial charge >= 0.3 is 12.2 Å². The van der Waals surface area contributed by atoms with Crippen LogP contribution in [0.4, 0.5) is 21.0 Å². The number of hydrogen-bond acceptors (Lipinski definition) is 8.